The second-order valence-corrected chi connectivity index (χ2v) is 6.52. The molecule has 0 bridgehead atoms. The summed E-state index contributed by atoms with van der Waals surface area (Å²) < 4.78 is 38.7. The van der Waals surface area contributed by atoms with Gasteiger partial charge in [0.05, 0.1) is 11.6 Å². The molecule has 0 aliphatic carbocycles. The second kappa shape index (κ2) is 11.8. The molecule has 0 saturated heterocycles. The van der Waals surface area contributed by atoms with Gasteiger partial charge >= 0.3 is 6.18 Å². The zero-order chi connectivity index (χ0) is 21.4. The first-order valence-corrected chi connectivity index (χ1v) is 9.20. The van der Waals surface area contributed by atoms with Crippen LogP contribution in [-0.2, 0) is 12.6 Å². The number of guanidine groups is 1. The molecule has 1 atom stereocenters. The summed E-state index contributed by atoms with van der Waals surface area (Å²) in [6, 6.07) is 12.2. The van der Waals surface area contributed by atoms with Crippen molar-refractivity contribution in [1.29, 1.82) is 0 Å². The van der Waals surface area contributed by atoms with Gasteiger partial charge in [0.15, 0.2) is 5.96 Å². The Balaban J connectivity index is 0.00000450. The smallest absolute Gasteiger partial charge is 0.356 e. The number of carbonyl (C=O) groups excluding carboxylic acids is 1. The van der Waals surface area contributed by atoms with Gasteiger partial charge in [-0.1, -0.05) is 24.3 Å². The van der Waals surface area contributed by atoms with Crippen LogP contribution in [0, 0.1) is 0 Å². The van der Waals surface area contributed by atoms with Crippen LogP contribution in [0.1, 0.15) is 40.0 Å². The van der Waals surface area contributed by atoms with Crippen LogP contribution in [0.2, 0.25) is 0 Å². The van der Waals surface area contributed by atoms with E-state index >= 15 is 0 Å². The minimum Gasteiger partial charge on any atom is -0.356 e. The Hall–Kier alpha value is -2.30. The van der Waals surface area contributed by atoms with Gasteiger partial charge in [0, 0.05) is 26.2 Å². The highest BCUT2D eigenvalue weighted by atomic mass is 127. The summed E-state index contributed by atoms with van der Waals surface area (Å²) in [5.41, 5.74) is 1.41. The molecule has 5 nitrogen and oxygen atoms in total. The minimum absolute atomic E-state index is 0. The molecule has 3 N–H and O–H groups in total. The third-order valence-electron chi connectivity index (χ3n) is 4.41. The van der Waals surface area contributed by atoms with Crippen molar-refractivity contribution in [2.45, 2.75) is 25.6 Å². The van der Waals surface area contributed by atoms with Crippen LogP contribution in [-0.4, -0.2) is 32.5 Å². The zero-order valence-corrected chi connectivity index (χ0v) is 19.3. The van der Waals surface area contributed by atoms with E-state index < -0.39 is 11.7 Å². The van der Waals surface area contributed by atoms with Crippen LogP contribution < -0.4 is 16.0 Å². The maximum absolute atomic E-state index is 12.9. The molecule has 2 aromatic rings. The van der Waals surface area contributed by atoms with Crippen molar-refractivity contribution in [3.8, 4) is 0 Å². The van der Waals surface area contributed by atoms with Crippen molar-refractivity contribution in [2.24, 2.45) is 4.99 Å². The van der Waals surface area contributed by atoms with Crippen molar-refractivity contribution in [2.75, 3.05) is 20.6 Å². The Morgan fingerprint density at radius 2 is 1.83 bits per heavy atom. The number of hydrogen-bond acceptors (Lipinski definition) is 2. The van der Waals surface area contributed by atoms with Gasteiger partial charge in [-0.3, -0.25) is 9.79 Å². The highest BCUT2D eigenvalue weighted by molar-refractivity contribution is 14.0. The number of benzene rings is 2. The fraction of sp³-hybridized carbons (Fsp3) is 0.333. The van der Waals surface area contributed by atoms with Gasteiger partial charge in [-0.25, -0.2) is 0 Å². The third-order valence-corrected chi connectivity index (χ3v) is 4.41. The quantitative estimate of drug-likeness (QED) is 0.297. The molecule has 0 heterocycles. The van der Waals surface area contributed by atoms with Crippen molar-refractivity contribution in [3.05, 3.63) is 70.8 Å². The average Bonchev–Trinajstić information content (AvgIpc) is 2.72. The molecule has 0 aromatic heterocycles. The van der Waals surface area contributed by atoms with Gasteiger partial charge in [-0.2, -0.15) is 13.2 Å². The highest BCUT2D eigenvalue weighted by Gasteiger charge is 2.30. The fourth-order valence-electron chi connectivity index (χ4n) is 2.81. The predicted octanol–water partition coefficient (Wildman–Crippen LogP) is 4.15. The van der Waals surface area contributed by atoms with Crippen LogP contribution in [0.15, 0.2) is 53.5 Å². The maximum Gasteiger partial charge on any atom is 0.416 e. The summed E-state index contributed by atoms with van der Waals surface area (Å²) in [4.78, 5) is 15.8. The Kier molecular flexibility index (Phi) is 10.1. The van der Waals surface area contributed by atoms with Gasteiger partial charge in [0.1, 0.15) is 0 Å². The van der Waals surface area contributed by atoms with Gasteiger partial charge in [0.25, 0.3) is 5.91 Å². The van der Waals surface area contributed by atoms with Gasteiger partial charge in [0.2, 0.25) is 0 Å². The molecule has 2 rings (SSSR count). The number of carbonyl (C=O) groups is 1. The molecule has 0 radical (unpaired) electrons. The van der Waals surface area contributed by atoms with Gasteiger partial charge < -0.3 is 16.0 Å². The number of nitrogens with one attached hydrogen (secondary N) is 3. The summed E-state index contributed by atoms with van der Waals surface area (Å²) >= 11 is 0. The van der Waals surface area contributed by atoms with E-state index in [9.17, 15) is 18.0 Å². The molecular formula is C21H26F3IN4O. The topological polar surface area (TPSA) is 65.5 Å². The average molecular weight is 534 g/mol. The second-order valence-electron chi connectivity index (χ2n) is 6.52. The molecule has 0 spiro atoms. The number of halogens is 4. The lowest BCUT2D eigenvalue weighted by molar-refractivity contribution is -0.137. The molecule has 9 heteroatoms. The van der Waals surface area contributed by atoms with Gasteiger partial charge in [-0.05, 0) is 48.7 Å². The normalized spacial score (nSPS) is 12.5. The van der Waals surface area contributed by atoms with Crippen molar-refractivity contribution < 1.29 is 18.0 Å². The van der Waals surface area contributed by atoms with Crippen LogP contribution in [0.4, 0.5) is 13.2 Å². The maximum atomic E-state index is 12.9. The number of rotatable bonds is 6. The van der Waals surface area contributed by atoms with Gasteiger partial charge in [-0.15, -0.1) is 24.0 Å². The summed E-state index contributed by atoms with van der Waals surface area (Å²) in [6.07, 6.45) is -3.72. The Labute approximate surface area is 191 Å². The van der Waals surface area contributed by atoms with E-state index in [4.69, 9.17) is 0 Å². The standard InChI is InChI=1S/C21H25F3N4O.HI/c1-14(16-7-5-9-18(13-16)21(22,23)24)28-20(26-3)27-11-10-15-6-4-8-17(12-15)19(29)25-2;/h4-9,12-14H,10-11H2,1-3H3,(H,25,29)(H2,26,27,28);1H. The van der Waals surface area contributed by atoms with Crippen LogP contribution >= 0.6 is 24.0 Å². The first kappa shape index (κ1) is 25.7. The molecule has 2 aromatic carbocycles. The Morgan fingerprint density at radius 3 is 2.47 bits per heavy atom. The van der Waals surface area contributed by atoms with Crippen LogP contribution in [0.3, 0.4) is 0 Å². The van der Waals surface area contributed by atoms with E-state index in [1.54, 1.807) is 33.2 Å². The molecule has 30 heavy (non-hydrogen) atoms. The zero-order valence-electron chi connectivity index (χ0n) is 17.0. The lowest BCUT2D eigenvalue weighted by Crippen LogP contribution is -2.39. The monoisotopic (exact) mass is 534 g/mol. The molecular weight excluding hydrogens is 508 g/mol. The predicted molar refractivity (Wildman–Crippen MR) is 123 cm³/mol. The number of alkyl halides is 3. The van der Waals surface area contributed by atoms with Crippen molar-refractivity contribution >= 4 is 35.8 Å². The molecule has 0 aliphatic heterocycles. The summed E-state index contributed by atoms with van der Waals surface area (Å²) in [5.74, 6) is 0.338. The van der Waals surface area contributed by atoms with Crippen molar-refractivity contribution in [1.82, 2.24) is 16.0 Å². The molecule has 1 unspecified atom stereocenters. The Morgan fingerprint density at radius 1 is 1.13 bits per heavy atom. The van der Waals surface area contributed by atoms with E-state index in [2.05, 4.69) is 20.9 Å². The first-order valence-electron chi connectivity index (χ1n) is 9.20. The van der Waals surface area contributed by atoms with Crippen molar-refractivity contribution in [3.63, 3.8) is 0 Å². The Bertz CT molecular complexity index is 871. The lowest BCUT2D eigenvalue weighted by atomic mass is 10.1. The van der Waals surface area contributed by atoms with E-state index in [0.29, 0.717) is 30.1 Å². The number of hydrogen-bond donors (Lipinski definition) is 3. The molecule has 1 amide bonds. The molecule has 164 valence electrons. The summed E-state index contributed by atoms with van der Waals surface area (Å²) in [6.45, 7) is 2.32. The highest BCUT2D eigenvalue weighted by Crippen LogP contribution is 2.30. The van der Waals surface area contributed by atoms with E-state index in [1.807, 2.05) is 18.2 Å². The third kappa shape index (κ3) is 7.51. The number of nitrogens with zero attached hydrogens (tertiary/aromatic N) is 1. The lowest BCUT2D eigenvalue weighted by Gasteiger charge is -2.19. The summed E-state index contributed by atoms with van der Waals surface area (Å²) in [7, 11) is 3.18. The first-order chi connectivity index (χ1) is 13.7. The molecule has 0 saturated carbocycles. The number of amides is 1. The molecule has 0 fully saturated rings. The summed E-state index contributed by atoms with van der Waals surface area (Å²) in [5, 5.41) is 8.82. The SMILES string of the molecule is CN=C(NCCc1cccc(C(=O)NC)c1)NC(C)c1cccc(C(F)(F)F)c1.I. The molecule has 0 aliphatic rings. The largest absolute Gasteiger partial charge is 0.416 e. The fourth-order valence-corrected chi connectivity index (χ4v) is 2.81. The van der Waals surface area contributed by atoms with E-state index in [1.165, 1.54) is 6.07 Å². The van der Waals surface area contributed by atoms with Crippen LogP contribution in [0.25, 0.3) is 0 Å². The minimum atomic E-state index is -4.38. The van der Waals surface area contributed by atoms with E-state index in [0.717, 1.165) is 17.7 Å². The number of aliphatic imine (C=N–C) groups is 1. The van der Waals surface area contributed by atoms with Crippen LogP contribution in [0.5, 0.6) is 0 Å². The van der Waals surface area contributed by atoms with E-state index in [-0.39, 0.29) is 35.9 Å².